The van der Waals surface area contributed by atoms with Gasteiger partial charge in [0.2, 0.25) is 5.91 Å². The first-order valence-corrected chi connectivity index (χ1v) is 8.04. The van der Waals surface area contributed by atoms with E-state index in [1.54, 1.807) is 6.92 Å². The number of hydrogen-bond donors (Lipinski definition) is 2. The third-order valence-electron chi connectivity index (χ3n) is 3.34. The molecule has 0 spiro atoms. The molecule has 0 bridgehead atoms. The molecule has 1 aliphatic rings. The molecule has 0 radical (unpaired) electrons. The number of nitrogens with one attached hydrogen (secondary N) is 2. The Morgan fingerprint density at radius 2 is 1.79 bits per heavy atom. The van der Waals surface area contributed by atoms with E-state index in [4.69, 9.17) is 4.74 Å². The zero-order valence-electron chi connectivity index (χ0n) is 11.4. The SMILES string of the molecule is CCOC(=O)CCCC(=O)N[C@H]1CC[C@H](NI)CC1. The number of halogens is 1. The van der Waals surface area contributed by atoms with Crippen molar-refractivity contribution < 1.29 is 14.3 Å². The average Bonchev–Trinajstić information content (AvgIpc) is 2.40. The Morgan fingerprint density at radius 3 is 2.37 bits per heavy atom. The topological polar surface area (TPSA) is 67.4 Å². The van der Waals surface area contributed by atoms with Gasteiger partial charge in [0, 0.05) is 47.8 Å². The maximum Gasteiger partial charge on any atom is 0.305 e. The summed E-state index contributed by atoms with van der Waals surface area (Å²) in [5.74, 6) is -0.167. The molecule has 1 amide bonds. The van der Waals surface area contributed by atoms with Gasteiger partial charge in [0.05, 0.1) is 6.61 Å². The van der Waals surface area contributed by atoms with Crippen molar-refractivity contribution in [2.24, 2.45) is 0 Å². The Labute approximate surface area is 128 Å². The predicted octanol–water partition coefficient (Wildman–Crippen LogP) is 2.09. The van der Waals surface area contributed by atoms with Crippen LogP contribution in [-0.4, -0.2) is 30.6 Å². The minimum atomic E-state index is -0.219. The number of ether oxygens (including phenoxy) is 1. The lowest BCUT2D eigenvalue weighted by Gasteiger charge is -2.28. The molecule has 1 saturated carbocycles. The van der Waals surface area contributed by atoms with E-state index in [-0.39, 0.29) is 11.9 Å². The molecule has 0 heterocycles. The maximum absolute atomic E-state index is 11.7. The van der Waals surface area contributed by atoms with Gasteiger partial charge in [-0.25, -0.2) is 0 Å². The molecule has 0 saturated heterocycles. The predicted molar refractivity (Wildman–Crippen MR) is 81.8 cm³/mol. The van der Waals surface area contributed by atoms with Gasteiger partial charge >= 0.3 is 5.97 Å². The number of carbonyl (C=O) groups is 2. The lowest BCUT2D eigenvalue weighted by atomic mass is 9.92. The maximum atomic E-state index is 11.7. The van der Waals surface area contributed by atoms with Gasteiger partial charge in [0.1, 0.15) is 0 Å². The standard InChI is InChI=1S/C13H23IN2O3/c1-2-19-13(18)5-3-4-12(17)15-10-6-8-11(16-14)9-7-10/h10-11,16H,2-9H2,1H3,(H,15,17)/t10-,11-. The lowest BCUT2D eigenvalue weighted by molar-refractivity contribution is -0.143. The summed E-state index contributed by atoms with van der Waals surface area (Å²) in [6.45, 7) is 2.19. The van der Waals surface area contributed by atoms with Gasteiger partial charge in [-0.1, -0.05) is 0 Å². The zero-order chi connectivity index (χ0) is 14.1. The minimum Gasteiger partial charge on any atom is -0.466 e. The fourth-order valence-electron chi connectivity index (χ4n) is 2.27. The van der Waals surface area contributed by atoms with Gasteiger partial charge in [0.15, 0.2) is 0 Å². The van der Waals surface area contributed by atoms with Gasteiger partial charge in [-0.15, -0.1) is 0 Å². The Hall–Kier alpha value is -0.370. The highest BCUT2D eigenvalue weighted by Gasteiger charge is 2.21. The van der Waals surface area contributed by atoms with Gasteiger partial charge < -0.3 is 10.1 Å². The molecule has 0 aromatic carbocycles. The van der Waals surface area contributed by atoms with Crippen LogP contribution in [0.3, 0.4) is 0 Å². The number of hydrogen-bond acceptors (Lipinski definition) is 4. The second kappa shape index (κ2) is 9.52. The highest BCUT2D eigenvalue weighted by Crippen LogP contribution is 2.19. The van der Waals surface area contributed by atoms with Crippen molar-refractivity contribution in [1.82, 2.24) is 8.85 Å². The van der Waals surface area contributed by atoms with E-state index in [1.165, 1.54) is 0 Å². The molecule has 6 heteroatoms. The van der Waals surface area contributed by atoms with Crippen molar-refractivity contribution in [1.29, 1.82) is 0 Å². The third kappa shape index (κ3) is 7.10. The van der Waals surface area contributed by atoms with E-state index < -0.39 is 0 Å². The summed E-state index contributed by atoms with van der Waals surface area (Å²) in [5, 5.41) is 3.05. The largest absolute Gasteiger partial charge is 0.466 e. The molecular weight excluding hydrogens is 359 g/mol. The number of carbonyl (C=O) groups excluding carboxylic acids is 2. The molecule has 0 aromatic rings. The van der Waals surface area contributed by atoms with Crippen LogP contribution in [0.1, 0.15) is 51.9 Å². The van der Waals surface area contributed by atoms with E-state index in [9.17, 15) is 9.59 Å². The van der Waals surface area contributed by atoms with Gasteiger partial charge in [-0.05, 0) is 39.0 Å². The van der Waals surface area contributed by atoms with Crippen LogP contribution >= 0.6 is 22.9 Å². The Balaban J connectivity index is 2.09. The molecular formula is C13H23IN2O3. The summed E-state index contributed by atoms with van der Waals surface area (Å²) in [6.07, 6.45) is 5.58. The molecule has 1 aliphatic carbocycles. The van der Waals surface area contributed by atoms with Crippen LogP contribution in [-0.2, 0) is 14.3 Å². The van der Waals surface area contributed by atoms with Crippen molar-refractivity contribution in [3.63, 3.8) is 0 Å². The number of esters is 1. The van der Waals surface area contributed by atoms with E-state index in [0.29, 0.717) is 38.0 Å². The molecule has 1 fully saturated rings. The first kappa shape index (κ1) is 16.7. The second-order valence-corrected chi connectivity index (χ2v) is 5.51. The molecule has 110 valence electrons. The fourth-order valence-corrected chi connectivity index (χ4v) is 2.90. The van der Waals surface area contributed by atoms with Gasteiger partial charge in [0.25, 0.3) is 0 Å². The number of amides is 1. The van der Waals surface area contributed by atoms with Gasteiger partial charge in [-0.3, -0.25) is 13.1 Å². The quantitative estimate of drug-likeness (QED) is 0.402. The molecule has 0 atom stereocenters. The second-order valence-electron chi connectivity index (χ2n) is 4.88. The van der Waals surface area contributed by atoms with Crippen LogP contribution in [0.25, 0.3) is 0 Å². The van der Waals surface area contributed by atoms with E-state index in [1.807, 2.05) is 0 Å². The third-order valence-corrected chi connectivity index (χ3v) is 4.22. The zero-order valence-corrected chi connectivity index (χ0v) is 13.6. The average molecular weight is 382 g/mol. The molecule has 1 rings (SSSR count). The van der Waals surface area contributed by atoms with E-state index >= 15 is 0 Å². The van der Waals surface area contributed by atoms with Crippen LogP contribution in [0.4, 0.5) is 0 Å². The van der Waals surface area contributed by atoms with Crippen molar-refractivity contribution in [2.45, 2.75) is 64.0 Å². The van der Waals surface area contributed by atoms with Crippen LogP contribution in [0.15, 0.2) is 0 Å². The molecule has 5 nitrogen and oxygen atoms in total. The van der Waals surface area contributed by atoms with Crippen molar-refractivity contribution >= 4 is 34.7 Å². The Morgan fingerprint density at radius 1 is 1.16 bits per heavy atom. The van der Waals surface area contributed by atoms with Crippen molar-refractivity contribution in [2.75, 3.05) is 6.61 Å². The first-order valence-electron chi connectivity index (χ1n) is 6.96. The lowest BCUT2D eigenvalue weighted by Crippen LogP contribution is -2.40. The minimum absolute atomic E-state index is 0.0511. The fraction of sp³-hybridized carbons (Fsp3) is 0.846. The summed E-state index contributed by atoms with van der Waals surface area (Å²) in [5.41, 5.74) is 0. The Kier molecular flexibility index (Phi) is 8.36. The molecule has 0 unspecified atom stereocenters. The van der Waals surface area contributed by atoms with Crippen LogP contribution in [0.2, 0.25) is 0 Å². The summed E-state index contributed by atoms with van der Waals surface area (Å²) < 4.78 is 8.06. The Bertz CT molecular complexity index is 292. The summed E-state index contributed by atoms with van der Waals surface area (Å²) in [4.78, 5) is 22.8. The normalized spacial score (nSPS) is 22.8. The summed E-state index contributed by atoms with van der Waals surface area (Å²) in [7, 11) is 0. The van der Waals surface area contributed by atoms with Crippen LogP contribution in [0.5, 0.6) is 0 Å². The molecule has 19 heavy (non-hydrogen) atoms. The smallest absolute Gasteiger partial charge is 0.305 e. The highest BCUT2D eigenvalue weighted by atomic mass is 127. The van der Waals surface area contributed by atoms with Crippen LogP contribution in [0, 0.1) is 0 Å². The highest BCUT2D eigenvalue weighted by molar-refractivity contribution is 14.1. The first-order chi connectivity index (χ1) is 9.15. The summed E-state index contributed by atoms with van der Waals surface area (Å²) in [6, 6.07) is 0.883. The molecule has 2 N–H and O–H groups in total. The van der Waals surface area contributed by atoms with Crippen LogP contribution < -0.4 is 8.85 Å². The molecule has 0 aromatic heterocycles. The van der Waals surface area contributed by atoms with Crippen molar-refractivity contribution in [3.8, 4) is 0 Å². The van der Waals surface area contributed by atoms with Crippen molar-refractivity contribution in [3.05, 3.63) is 0 Å². The monoisotopic (exact) mass is 382 g/mol. The van der Waals surface area contributed by atoms with E-state index in [0.717, 1.165) is 25.7 Å². The molecule has 0 aliphatic heterocycles. The number of rotatable bonds is 7. The van der Waals surface area contributed by atoms with E-state index in [2.05, 4.69) is 31.7 Å². The van der Waals surface area contributed by atoms with Gasteiger partial charge in [-0.2, -0.15) is 0 Å². The summed E-state index contributed by atoms with van der Waals surface area (Å²) >= 11 is 2.19.